The molecule has 0 bridgehead atoms. The van der Waals surface area contributed by atoms with Crippen molar-refractivity contribution in [2.75, 3.05) is 26.8 Å². The molecule has 1 amide bonds. The van der Waals surface area contributed by atoms with Gasteiger partial charge in [-0.1, -0.05) is 36.4 Å². The summed E-state index contributed by atoms with van der Waals surface area (Å²) in [6.07, 6.45) is 4.71. The molecule has 29 heavy (non-hydrogen) atoms. The normalized spacial score (nSPS) is 22.5. The first-order valence-corrected chi connectivity index (χ1v) is 10.5. The predicted octanol–water partition coefficient (Wildman–Crippen LogP) is 4.95. The highest BCUT2D eigenvalue weighted by molar-refractivity contribution is 6.62. The van der Waals surface area contributed by atoms with Crippen molar-refractivity contribution in [3.05, 3.63) is 59.7 Å². The number of hydrogen-bond acceptors (Lipinski definition) is 4. The van der Waals surface area contributed by atoms with Crippen molar-refractivity contribution in [2.45, 2.75) is 37.4 Å². The first-order chi connectivity index (χ1) is 14.1. The van der Waals surface area contributed by atoms with Crippen molar-refractivity contribution < 1.29 is 19.0 Å². The predicted molar refractivity (Wildman–Crippen MR) is 112 cm³/mol. The largest absolute Gasteiger partial charge is 0.493 e. The molecular formula is C23H26ClNO4. The Morgan fingerprint density at radius 3 is 2.55 bits per heavy atom. The summed E-state index contributed by atoms with van der Waals surface area (Å²) >= 11 is 5.84. The summed E-state index contributed by atoms with van der Waals surface area (Å²) in [6, 6.07) is 15.8. The minimum atomic E-state index is -0.815. The van der Waals surface area contributed by atoms with Gasteiger partial charge in [-0.25, -0.2) is 0 Å². The van der Waals surface area contributed by atoms with Crippen molar-refractivity contribution in [3.8, 4) is 11.5 Å². The molecule has 2 aromatic carbocycles. The van der Waals surface area contributed by atoms with Gasteiger partial charge in [0.15, 0.2) is 11.5 Å². The number of benzene rings is 2. The third kappa shape index (κ3) is 4.07. The molecule has 0 radical (unpaired) electrons. The van der Waals surface area contributed by atoms with E-state index in [1.165, 1.54) is 12.8 Å². The smallest absolute Gasteiger partial charge is 0.316 e. The number of nitrogens with zero attached hydrogens (tertiary/aromatic N) is 1. The monoisotopic (exact) mass is 415 g/mol. The van der Waals surface area contributed by atoms with Crippen molar-refractivity contribution in [1.82, 2.24) is 4.90 Å². The Morgan fingerprint density at radius 2 is 1.86 bits per heavy atom. The second-order valence-electron chi connectivity index (χ2n) is 7.61. The third-order valence-electron chi connectivity index (χ3n) is 5.84. The first kappa shape index (κ1) is 20.0. The Hall–Kier alpha value is -2.24. The molecule has 154 valence electrons. The molecule has 2 fully saturated rings. The summed E-state index contributed by atoms with van der Waals surface area (Å²) in [4.78, 5) is 13.6. The van der Waals surface area contributed by atoms with Crippen LogP contribution in [-0.4, -0.2) is 43.2 Å². The Balaban J connectivity index is 1.77. The molecule has 1 aliphatic heterocycles. The lowest BCUT2D eigenvalue weighted by molar-refractivity contribution is -0.0732. The average molecular weight is 416 g/mol. The summed E-state index contributed by atoms with van der Waals surface area (Å²) in [6.45, 7) is 1.21. The van der Waals surface area contributed by atoms with E-state index in [2.05, 4.69) is 0 Å². The lowest BCUT2D eigenvalue weighted by Gasteiger charge is -2.43. The molecule has 1 atom stereocenters. The van der Waals surface area contributed by atoms with Crippen molar-refractivity contribution in [3.63, 3.8) is 0 Å². The van der Waals surface area contributed by atoms with Crippen LogP contribution >= 0.6 is 11.6 Å². The van der Waals surface area contributed by atoms with Gasteiger partial charge in [0.2, 0.25) is 0 Å². The molecule has 2 aromatic rings. The van der Waals surface area contributed by atoms with E-state index in [9.17, 15) is 4.79 Å². The number of amides is 1. The van der Waals surface area contributed by atoms with E-state index < -0.39 is 11.0 Å². The molecule has 1 aliphatic carbocycles. The van der Waals surface area contributed by atoms with E-state index in [4.69, 9.17) is 25.8 Å². The highest BCUT2D eigenvalue weighted by Gasteiger charge is 2.42. The van der Waals surface area contributed by atoms with E-state index in [1.807, 2.05) is 48.5 Å². The summed E-state index contributed by atoms with van der Waals surface area (Å²) in [5, 5.41) is -0.468. The lowest BCUT2D eigenvalue weighted by atomic mass is 9.84. The molecule has 4 rings (SSSR count). The number of morpholine rings is 1. The standard InChI is InChI=1S/C23H26ClNO4/c1-27-20-12-11-18(15-21(20)29-19-9-5-6-10-19)23(17-7-3-2-4-8-17)16-25(22(24)26)13-14-28-23/h2-4,7-8,11-12,15,19H,5-6,9-10,13-14,16H2,1H3. The SMILES string of the molecule is COc1ccc(C2(c3ccccc3)CN(C(=O)Cl)CCO2)cc1OC1CCCC1. The minimum absolute atomic E-state index is 0.208. The van der Waals surface area contributed by atoms with E-state index in [0.717, 1.165) is 24.0 Å². The third-order valence-corrected chi connectivity index (χ3v) is 6.08. The van der Waals surface area contributed by atoms with E-state index in [1.54, 1.807) is 12.0 Å². The fourth-order valence-electron chi connectivity index (χ4n) is 4.30. The second-order valence-corrected chi connectivity index (χ2v) is 7.93. The quantitative estimate of drug-likeness (QED) is 0.512. The van der Waals surface area contributed by atoms with E-state index >= 15 is 0 Å². The number of rotatable bonds is 5. The highest BCUT2D eigenvalue weighted by Crippen LogP contribution is 2.41. The van der Waals surface area contributed by atoms with E-state index in [-0.39, 0.29) is 6.10 Å². The fraction of sp³-hybridized carbons (Fsp3) is 0.435. The molecule has 1 saturated heterocycles. The van der Waals surface area contributed by atoms with Crippen LogP contribution in [0.4, 0.5) is 4.79 Å². The molecule has 0 aromatic heterocycles. The van der Waals surface area contributed by atoms with Gasteiger partial charge in [-0.15, -0.1) is 0 Å². The molecular weight excluding hydrogens is 390 g/mol. The molecule has 1 heterocycles. The van der Waals surface area contributed by atoms with E-state index in [0.29, 0.717) is 31.2 Å². The second kappa shape index (κ2) is 8.64. The van der Waals surface area contributed by atoms with Crippen molar-refractivity contribution in [2.24, 2.45) is 0 Å². The number of carbonyl (C=O) groups excluding carboxylic acids is 1. The Kier molecular flexibility index (Phi) is 5.97. The van der Waals surface area contributed by atoms with Gasteiger partial charge in [0.1, 0.15) is 5.60 Å². The van der Waals surface area contributed by atoms with Crippen LogP contribution in [0.1, 0.15) is 36.8 Å². The minimum Gasteiger partial charge on any atom is -0.493 e. The van der Waals surface area contributed by atoms with Crippen LogP contribution in [0.15, 0.2) is 48.5 Å². The van der Waals surface area contributed by atoms with Crippen LogP contribution < -0.4 is 9.47 Å². The number of halogens is 1. The Labute approximate surface area is 176 Å². The summed E-state index contributed by atoms with van der Waals surface area (Å²) in [5.74, 6) is 1.41. The fourth-order valence-corrected chi connectivity index (χ4v) is 4.45. The zero-order valence-electron chi connectivity index (χ0n) is 16.6. The van der Waals surface area contributed by atoms with Crippen LogP contribution in [-0.2, 0) is 10.3 Å². The summed E-state index contributed by atoms with van der Waals surface area (Å²) in [5.41, 5.74) is 1.07. The van der Waals surface area contributed by atoms with Crippen LogP contribution in [0.2, 0.25) is 0 Å². The maximum absolute atomic E-state index is 11.9. The molecule has 1 unspecified atom stereocenters. The van der Waals surface area contributed by atoms with Gasteiger partial charge in [0, 0.05) is 6.54 Å². The van der Waals surface area contributed by atoms with Gasteiger partial charge in [-0.3, -0.25) is 4.79 Å². The Bertz CT molecular complexity index is 853. The zero-order chi connectivity index (χ0) is 20.3. The molecule has 0 spiro atoms. The van der Waals surface area contributed by atoms with Gasteiger partial charge >= 0.3 is 5.37 Å². The number of hydrogen-bond donors (Lipinski definition) is 0. The summed E-state index contributed by atoms with van der Waals surface area (Å²) in [7, 11) is 1.65. The van der Waals surface area contributed by atoms with Gasteiger partial charge in [-0.05, 0) is 60.5 Å². The maximum Gasteiger partial charge on any atom is 0.316 e. The van der Waals surface area contributed by atoms with Gasteiger partial charge in [-0.2, -0.15) is 0 Å². The zero-order valence-corrected chi connectivity index (χ0v) is 17.4. The van der Waals surface area contributed by atoms with Gasteiger partial charge in [0.05, 0.1) is 26.4 Å². The van der Waals surface area contributed by atoms with Crippen molar-refractivity contribution >= 4 is 17.0 Å². The van der Waals surface area contributed by atoms with Crippen LogP contribution in [0.5, 0.6) is 11.5 Å². The highest BCUT2D eigenvalue weighted by atomic mass is 35.5. The molecule has 1 saturated carbocycles. The van der Waals surface area contributed by atoms with Crippen LogP contribution in [0.3, 0.4) is 0 Å². The molecule has 0 N–H and O–H groups in total. The number of ether oxygens (including phenoxy) is 3. The maximum atomic E-state index is 11.9. The average Bonchev–Trinajstić information content (AvgIpc) is 3.27. The van der Waals surface area contributed by atoms with Gasteiger partial charge in [0.25, 0.3) is 0 Å². The van der Waals surface area contributed by atoms with Crippen molar-refractivity contribution in [1.29, 1.82) is 0 Å². The van der Waals surface area contributed by atoms with Gasteiger partial charge < -0.3 is 19.1 Å². The summed E-state index contributed by atoms with van der Waals surface area (Å²) < 4.78 is 18.2. The molecule has 2 aliphatic rings. The lowest BCUT2D eigenvalue weighted by Crippen LogP contribution is -2.51. The van der Waals surface area contributed by atoms with Crippen LogP contribution in [0.25, 0.3) is 0 Å². The first-order valence-electron chi connectivity index (χ1n) is 10.1. The topological polar surface area (TPSA) is 48.0 Å². The molecule has 6 heteroatoms. The molecule has 5 nitrogen and oxygen atoms in total. The number of carbonyl (C=O) groups is 1. The Morgan fingerprint density at radius 1 is 1.10 bits per heavy atom. The number of methoxy groups -OCH3 is 1. The van der Waals surface area contributed by atoms with Crippen LogP contribution in [0, 0.1) is 0 Å².